The van der Waals surface area contributed by atoms with Crippen LogP contribution in [0, 0.1) is 5.92 Å². The number of piperazine rings is 1. The van der Waals surface area contributed by atoms with Crippen molar-refractivity contribution in [1.82, 2.24) is 15.5 Å². The first-order valence-corrected chi connectivity index (χ1v) is 9.68. The number of fused-ring (bicyclic) bond motifs is 1. The van der Waals surface area contributed by atoms with E-state index in [1.54, 1.807) is 12.1 Å². The Balaban J connectivity index is 1.78. The van der Waals surface area contributed by atoms with Crippen molar-refractivity contribution in [2.24, 2.45) is 5.92 Å². The molecule has 0 unspecified atom stereocenters. The zero-order chi connectivity index (χ0) is 21.1. The van der Waals surface area contributed by atoms with Gasteiger partial charge in [-0.15, -0.1) is 0 Å². The molecule has 1 aromatic rings. The van der Waals surface area contributed by atoms with Gasteiger partial charge in [-0.25, -0.2) is 0 Å². The Morgan fingerprint density at radius 3 is 2.52 bits per heavy atom. The molecular weight excluding hydrogens is 378 g/mol. The smallest absolute Gasteiger partial charge is 0.309 e. The van der Waals surface area contributed by atoms with Crippen LogP contribution in [0.25, 0.3) is 0 Å². The number of hydrogen-bond acceptors (Lipinski definition) is 5. The summed E-state index contributed by atoms with van der Waals surface area (Å²) in [6.45, 7) is 1.93. The van der Waals surface area contributed by atoms with Gasteiger partial charge in [0.25, 0.3) is 0 Å². The van der Waals surface area contributed by atoms with E-state index < -0.39 is 30.0 Å². The fourth-order valence-electron chi connectivity index (χ4n) is 4.14. The standard InChI is InChI=1S/C20H25N3O6/c1-11(24)21-9-3-2-4-15-19(27)23-16(18(26)22-15)10-14(20(28)29)17(23)12-5-7-13(25)8-6-12/h5-8,14-17,25H,2-4,9-10H2,1H3,(H,21,24)(H,22,26)(H,28,29)/t14-,15-,16-,17-/m0/s1. The fraction of sp³-hybridized carbons (Fsp3) is 0.500. The fourth-order valence-corrected chi connectivity index (χ4v) is 4.14. The van der Waals surface area contributed by atoms with Crippen LogP contribution in [0.5, 0.6) is 5.75 Å². The minimum Gasteiger partial charge on any atom is -0.508 e. The third-order valence-electron chi connectivity index (χ3n) is 5.51. The summed E-state index contributed by atoms with van der Waals surface area (Å²) in [5.74, 6) is -2.69. The number of aromatic hydroxyl groups is 1. The molecule has 0 bridgehead atoms. The van der Waals surface area contributed by atoms with Crippen molar-refractivity contribution >= 4 is 23.7 Å². The molecule has 0 saturated carbocycles. The summed E-state index contributed by atoms with van der Waals surface area (Å²) in [6, 6.07) is 3.74. The lowest BCUT2D eigenvalue weighted by atomic mass is 9.93. The lowest BCUT2D eigenvalue weighted by molar-refractivity contribution is -0.150. The van der Waals surface area contributed by atoms with Crippen LogP contribution in [0.3, 0.4) is 0 Å². The number of benzene rings is 1. The minimum atomic E-state index is -1.06. The van der Waals surface area contributed by atoms with Crippen LogP contribution in [0.2, 0.25) is 0 Å². The number of nitrogens with zero attached hydrogens (tertiary/aromatic N) is 1. The van der Waals surface area contributed by atoms with E-state index in [4.69, 9.17) is 0 Å². The molecule has 2 aliphatic rings. The number of phenolic OH excluding ortho intramolecular Hbond substituents is 1. The first kappa shape index (κ1) is 20.6. The quantitative estimate of drug-likeness (QED) is 0.491. The minimum absolute atomic E-state index is 0.0370. The Morgan fingerprint density at radius 2 is 1.90 bits per heavy atom. The first-order chi connectivity index (χ1) is 13.8. The summed E-state index contributed by atoms with van der Waals surface area (Å²) in [4.78, 5) is 49.9. The number of hydrogen-bond donors (Lipinski definition) is 4. The van der Waals surface area contributed by atoms with Gasteiger partial charge in [0.2, 0.25) is 17.7 Å². The highest BCUT2D eigenvalue weighted by Gasteiger charge is 2.54. The average molecular weight is 403 g/mol. The Bertz CT molecular complexity index is 809. The van der Waals surface area contributed by atoms with Crippen molar-refractivity contribution in [3.05, 3.63) is 29.8 Å². The van der Waals surface area contributed by atoms with E-state index in [2.05, 4.69) is 10.6 Å². The van der Waals surface area contributed by atoms with Gasteiger partial charge in [-0.3, -0.25) is 19.2 Å². The summed E-state index contributed by atoms with van der Waals surface area (Å²) in [6.07, 6.45) is 1.75. The topological polar surface area (TPSA) is 136 Å². The summed E-state index contributed by atoms with van der Waals surface area (Å²) in [5, 5.41) is 24.6. The third kappa shape index (κ3) is 4.33. The number of carboxylic acid groups (broad SMARTS) is 1. The third-order valence-corrected chi connectivity index (χ3v) is 5.51. The summed E-state index contributed by atoms with van der Waals surface area (Å²) in [7, 11) is 0. The van der Waals surface area contributed by atoms with Gasteiger partial charge in [0.15, 0.2) is 0 Å². The molecule has 0 radical (unpaired) electrons. The van der Waals surface area contributed by atoms with E-state index >= 15 is 0 Å². The molecule has 0 spiro atoms. The zero-order valence-electron chi connectivity index (χ0n) is 16.1. The van der Waals surface area contributed by atoms with E-state index in [0.29, 0.717) is 31.4 Å². The lowest BCUT2D eigenvalue weighted by Gasteiger charge is -2.38. The van der Waals surface area contributed by atoms with E-state index in [-0.39, 0.29) is 29.9 Å². The van der Waals surface area contributed by atoms with Crippen molar-refractivity contribution in [1.29, 1.82) is 0 Å². The molecule has 3 amide bonds. The van der Waals surface area contributed by atoms with Crippen molar-refractivity contribution in [2.45, 2.75) is 50.7 Å². The van der Waals surface area contributed by atoms with Crippen LogP contribution < -0.4 is 10.6 Å². The second-order valence-electron chi connectivity index (χ2n) is 7.52. The van der Waals surface area contributed by atoms with E-state index in [9.17, 15) is 29.4 Å². The molecule has 29 heavy (non-hydrogen) atoms. The van der Waals surface area contributed by atoms with E-state index in [1.165, 1.54) is 24.0 Å². The van der Waals surface area contributed by atoms with Crippen LogP contribution in [-0.4, -0.2) is 57.4 Å². The van der Waals surface area contributed by atoms with Crippen molar-refractivity contribution in [3.8, 4) is 5.75 Å². The lowest BCUT2D eigenvalue weighted by Crippen LogP contribution is -2.61. The molecule has 0 aromatic heterocycles. The van der Waals surface area contributed by atoms with Gasteiger partial charge in [-0.2, -0.15) is 0 Å². The Hall–Kier alpha value is -3.10. The zero-order valence-corrected chi connectivity index (χ0v) is 16.1. The largest absolute Gasteiger partial charge is 0.508 e. The van der Waals surface area contributed by atoms with Crippen molar-refractivity contribution in [2.75, 3.05) is 6.54 Å². The summed E-state index contributed by atoms with van der Waals surface area (Å²) < 4.78 is 0. The Labute approximate surface area is 168 Å². The van der Waals surface area contributed by atoms with Gasteiger partial charge in [0.05, 0.1) is 12.0 Å². The second kappa shape index (κ2) is 8.50. The number of phenols is 1. The van der Waals surface area contributed by atoms with Gasteiger partial charge in [0, 0.05) is 13.5 Å². The molecule has 9 nitrogen and oxygen atoms in total. The number of aliphatic carboxylic acids is 1. The highest BCUT2D eigenvalue weighted by molar-refractivity contribution is 5.98. The molecule has 3 rings (SSSR count). The number of carbonyl (C=O) groups is 4. The molecule has 2 saturated heterocycles. The molecule has 2 aliphatic heterocycles. The van der Waals surface area contributed by atoms with Gasteiger partial charge < -0.3 is 25.7 Å². The van der Waals surface area contributed by atoms with Crippen LogP contribution in [0.15, 0.2) is 24.3 Å². The Kier molecular flexibility index (Phi) is 6.05. The molecule has 2 fully saturated rings. The maximum atomic E-state index is 13.1. The van der Waals surface area contributed by atoms with Crippen LogP contribution >= 0.6 is 0 Å². The van der Waals surface area contributed by atoms with Crippen LogP contribution in [-0.2, 0) is 19.2 Å². The molecular formula is C20H25N3O6. The number of amides is 3. The molecule has 4 atom stereocenters. The van der Waals surface area contributed by atoms with Crippen molar-refractivity contribution < 1.29 is 29.4 Å². The van der Waals surface area contributed by atoms with Gasteiger partial charge in [-0.05, 0) is 43.4 Å². The number of carbonyl (C=O) groups excluding carboxylic acids is 3. The number of nitrogens with one attached hydrogen (secondary N) is 2. The summed E-state index contributed by atoms with van der Waals surface area (Å²) in [5.41, 5.74) is 0.574. The predicted molar refractivity (Wildman–Crippen MR) is 102 cm³/mol. The molecule has 1 aromatic carbocycles. The number of carboxylic acids is 1. The summed E-state index contributed by atoms with van der Waals surface area (Å²) >= 11 is 0. The van der Waals surface area contributed by atoms with Gasteiger partial charge in [0.1, 0.15) is 17.8 Å². The number of unbranched alkanes of at least 4 members (excludes halogenated alkanes) is 1. The molecule has 156 valence electrons. The highest BCUT2D eigenvalue weighted by Crippen LogP contribution is 2.43. The van der Waals surface area contributed by atoms with Crippen LogP contribution in [0.4, 0.5) is 0 Å². The Morgan fingerprint density at radius 1 is 1.21 bits per heavy atom. The van der Waals surface area contributed by atoms with Crippen molar-refractivity contribution in [3.63, 3.8) is 0 Å². The number of rotatable bonds is 7. The molecule has 2 heterocycles. The average Bonchev–Trinajstić information content (AvgIpc) is 3.07. The van der Waals surface area contributed by atoms with Crippen LogP contribution in [0.1, 0.15) is 44.2 Å². The SMILES string of the molecule is CC(=O)NCCCC[C@@H]1NC(=O)[C@@H]2C[C@H](C(=O)O)[C@H](c3ccc(O)cc3)N2C1=O. The monoisotopic (exact) mass is 403 g/mol. The first-order valence-electron chi connectivity index (χ1n) is 9.68. The maximum Gasteiger partial charge on any atom is 0.309 e. The molecule has 9 heteroatoms. The second-order valence-corrected chi connectivity index (χ2v) is 7.52. The molecule has 0 aliphatic carbocycles. The predicted octanol–water partition coefficient (Wildman–Crippen LogP) is 0.540. The molecule has 4 N–H and O–H groups in total. The van der Waals surface area contributed by atoms with Gasteiger partial charge in [-0.1, -0.05) is 12.1 Å². The highest BCUT2D eigenvalue weighted by atomic mass is 16.4. The van der Waals surface area contributed by atoms with Gasteiger partial charge >= 0.3 is 5.97 Å². The normalized spacial score (nSPS) is 26.0. The van der Waals surface area contributed by atoms with E-state index in [0.717, 1.165) is 0 Å². The van der Waals surface area contributed by atoms with E-state index in [1.807, 2.05) is 0 Å². The maximum absolute atomic E-state index is 13.1.